The van der Waals surface area contributed by atoms with E-state index >= 15 is 0 Å². The SMILES string of the molecule is CCCC[Si](c1ccccc1)(c1ccccc1)[C@]12OC(C)(C)O[C@H]1[C@H]([C@H](O)[C@@H](O)CO)OC2=O. The molecule has 2 aliphatic heterocycles. The summed E-state index contributed by atoms with van der Waals surface area (Å²) >= 11 is 0. The Labute approximate surface area is 201 Å². The van der Waals surface area contributed by atoms with Crippen molar-refractivity contribution in [2.75, 3.05) is 6.61 Å². The number of fused-ring (bicyclic) bond motifs is 1. The van der Waals surface area contributed by atoms with Crippen LogP contribution in [-0.2, 0) is 19.0 Å². The standard InChI is InChI=1S/C26H34O7Si/c1-4-5-16-34(18-12-8-6-9-13-18,19-14-10-7-11-15-19)26-23(32-25(2,3)33-26)22(31-24(26)30)21(29)20(28)17-27/h6-15,20-23,27-29H,4-5,16-17H2,1-3H3/t20-,21+,22-,23-,26+/m0/s1. The molecule has 0 unspecified atom stereocenters. The Hall–Kier alpha value is -2.07. The van der Waals surface area contributed by atoms with Gasteiger partial charge in [-0.2, -0.15) is 0 Å². The Kier molecular flexibility index (Phi) is 7.01. The van der Waals surface area contributed by atoms with Gasteiger partial charge in [0, 0.05) is 0 Å². The molecule has 0 spiro atoms. The molecule has 8 heteroatoms. The molecule has 0 saturated carbocycles. The van der Waals surface area contributed by atoms with E-state index in [4.69, 9.17) is 14.2 Å². The lowest BCUT2D eigenvalue weighted by Crippen LogP contribution is -2.78. The molecule has 184 valence electrons. The van der Waals surface area contributed by atoms with Crippen LogP contribution < -0.4 is 10.4 Å². The first-order valence-electron chi connectivity index (χ1n) is 11.9. The van der Waals surface area contributed by atoms with Gasteiger partial charge >= 0.3 is 5.97 Å². The molecule has 2 saturated heterocycles. The second-order valence-corrected chi connectivity index (χ2v) is 13.8. The van der Waals surface area contributed by atoms with E-state index in [0.29, 0.717) is 6.04 Å². The lowest BCUT2D eigenvalue weighted by Gasteiger charge is -2.44. The number of cyclic esters (lactones) is 1. The first kappa shape index (κ1) is 25.0. The van der Waals surface area contributed by atoms with Crippen molar-refractivity contribution >= 4 is 24.4 Å². The quantitative estimate of drug-likeness (QED) is 0.360. The summed E-state index contributed by atoms with van der Waals surface area (Å²) in [4.78, 5) is 14.0. The van der Waals surface area contributed by atoms with Crippen LogP contribution in [0.4, 0.5) is 0 Å². The summed E-state index contributed by atoms with van der Waals surface area (Å²) in [7, 11) is -3.15. The fourth-order valence-corrected chi connectivity index (χ4v) is 11.7. The van der Waals surface area contributed by atoms with Crippen LogP contribution in [-0.4, -0.2) is 71.4 Å². The van der Waals surface area contributed by atoms with E-state index in [0.717, 1.165) is 23.2 Å². The Morgan fingerprint density at radius 2 is 1.56 bits per heavy atom. The molecule has 0 aromatic heterocycles. The molecule has 0 bridgehead atoms. The highest BCUT2D eigenvalue weighted by Crippen LogP contribution is 2.51. The second-order valence-electron chi connectivity index (χ2n) is 9.63. The zero-order valence-electron chi connectivity index (χ0n) is 19.9. The van der Waals surface area contributed by atoms with Gasteiger partial charge in [0.1, 0.15) is 18.3 Å². The number of unbranched alkanes of at least 4 members (excludes halogenated alkanes) is 1. The molecule has 5 atom stereocenters. The third-order valence-electron chi connectivity index (χ3n) is 7.05. The molecule has 0 radical (unpaired) electrons. The summed E-state index contributed by atoms with van der Waals surface area (Å²) in [5.74, 6) is -1.71. The second kappa shape index (κ2) is 9.52. The van der Waals surface area contributed by atoms with Crippen molar-refractivity contribution in [3.05, 3.63) is 60.7 Å². The molecule has 2 aliphatic rings. The van der Waals surface area contributed by atoms with E-state index in [1.165, 1.54) is 0 Å². The minimum atomic E-state index is -3.15. The predicted octanol–water partition coefficient (Wildman–Crippen LogP) is 1.12. The lowest BCUT2D eigenvalue weighted by molar-refractivity contribution is -0.202. The normalized spacial score (nSPS) is 27.8. The van der Waals surface area contributed by atoms with Gasteiger partial charge in [-0.05, 0) is 19.9 Å². The predicted molar refractivity (Wildman–Crippen MR) is 129 cm³/mol. The Balaban J connectivity index is 2.01. The van der Waals surface area contributed by atoms with Crippen molar-refractivity contribution < 1.29 is 34.3 Å². The van der Waals surface area contributed by atoms with E-state index in [1.807, 2.05) is 60.7 Å². The van der Waals surface area contributed by atoms with Crippen molar-refractivity contribution in [3.63, 3.8) is 0 Å². The third-order valence-corrected chi connectivity index (χ3v) is 12.7. The van der Waals surface area contributed by atoms with Crippen LogP contribution in [0.3, 0.4) is 0 Å². The van der Waals surface area contributed by atoms with Crippen LogP contribution in [0.2, 0.25) is 6.04 Å². The minimum absolute atomic E-state index is 0.590. The molecule has 3 N–H and O–H groups in total. The molecule has 0 amide bonds. The van der Waals surface area contributed by atoms with Crippen LogP contribution >= 0.6 is 0 Å². The fourth-order valence-electron chi connectivity index (χ4n) is 5.62. The highest BCUT2D eigenvalue weighted by atomic mass is 28.3. The highest BCUT2D eigenvalue weighted by molar-refractivity contribution is 7.06. The van der Waals surface area contributed by atoms with E-state index in [1.54, 1.807) is 13.8 Å². The summed E-state index contributed by atoms with van der Waals surface area (Å²) in [5.41, 5.74) is 0. The monoisotopic (exact) mass is 486 g/mol. The van der Waals surface area contributed by atoms with Crippen molar-refractivity contribution in [3.8, 4) is 0 Å². The van der Waals surface area contributed by atoms with E-state index in [2.05, 4.69) is 6.92 Å². The number of aliphatic hydroxyl groups excluding tert-OH is 3. The smallest absolute Gasteiger partial charge is 0.339 e. The van der Waals surface area contributed by atoms with Crippen LogP contribution in [0.5, 0.6) is 0 Å². The number of carbonyl (C=O) groups is 1. The van der Waals surface area contributed by atoms with E-state index in [-0.39, 0.29) is 0 Å². The summed E-state index contributed by atoms with van der Waals surface area (Å²) in [6, 6.07) is 20.6. The largest absolute Gasteiger partial charge is 0.455 e. The van der Waals surface area contributed by atoms with Crippen molar-refractivity contribution in [1.82, 2.24) is 0 Å². The number of benzene rings is 2. The first-order chi connectivity index (χ1) is 16.2. The maximum atomic E-state index is 14.0. The Morgan fingerprint density at radius 3 is 2.06 bits per heavy atom. The molecule has 2 aromatic carbocycles. The van der Waals surface area contributed by atoms with Crippen LogP contribution in [0.1, 0.15) is 33.6 Å². The lowest BCUT2D eigenvalue weighted by atomic mass is 10.0. The molecule has 4 rings (SSSR count). The highest BCUT2D eigenvalue weighted by Gasteiger charge is 2.77. The van der Waals surface area contributed by atoms with Gasteiger partial charge in [-0.3, -0.25) is 0 Å². The van der Waals surface area contributed by atoms with Gasteiger partial charge in [0.15, 0.2) is 25.2 Å². The number of esters is 1. The average Bonchev–Trinajstić information content (AvgIpc) is 3.29. The molecule has 34 heavy (non-hydrogen) atoms. The van der Waals surface area contributed by atoms with Gasteiger partial charge in [-0.25, -0.2) is 4.79 Å². The van der Waals surface area contributed by atoms with Crippen LogP contribution in [0, 0.1) is 0 Å². The minimum Gasteiger partial charge on any atom is -0.455 e. The molecule has 2 aromatic rings. The topological polar surface area (TPSA) is 105 Å². The zero-order chi connectivity index (χ0) is 24.6. The zero-order valence-corrected chi connectivity index (χ0v) is 20.9. The number of hydrogen-bond donors (Lipinski definition) is 3. The van der Waals surface area contributed by atoms with Crippen molar-refractivity contribution in [2.24, 2.45) is 0 Å². The maximum Gasteiger partial charge on any atom is 0.339 e. The number of carbonyl (C=O) groups excluding carboxylic acids is 1. The molecule has 2 heterocycles. The molecule has 2 fully saturated rings. The van der Waals surface area contributed by atoms with Crippen LogP contribution in [0.15, 0.2) is 60.7 Å². The number of hydrogen-bond acceptors (Lipinski definition) is 7. The molecular weight excluding hydrogens is 452 g/mol. The van der Waals surface area contributed by atoms with Gasteiger partial charge in [-0.1, -0.05) is 90.8 Å². The van der Waals surface area contributed by atoms with Crippen LogP contribution in [0.25, 0.3) is 0 Å². The van der Waals surface area contributed by atoms with Gasteiger partial charge < -0.3 is 29.5 Å². The summed E-state index contributed by atoms with van der Waals surface area (Å²) in [5, 5.41) is 31.0. The number of ether oxygens (including phenoxy) is 3. The van der Waals surface area contributed by atoms with Crippen molar-refractivity contribution in [2.45, 2.75) is 75.1 Å². The van der Waals surface area contributed by atoms with Gasteiger partial charge in [0.2, 0.25) is 0 Å². The number of rotatable bonds is 9. The molecule has 0 aliphatic carbocycles. The van der Waals surface area contributed by atoms with Gasteiger partial charge in [0.25, 0.3) is 0 Å². The maximum absolute atomic E-state index is 14.0. The summed E-state index contributed by atoms with van der Waals surface area (Å²) in [6.07, 6.45) is -3.38. The summed E-state index contributed by atoms with van der Waals surface area (Å²) < 4.78 is 18.7. The van der Waals surface area contributed by atoms with Crippen molar-refractivity contribution in [1.29, 1.82) is 0 Å². The average molecular weight is 487 g/mol. The molecular formula is C26H34O7Si. The van der Waals surface area contributed by atoms with Gasteiger partial charge in [-0.15, -0.1) is 0 Å². The fraction of sp³-hybridized carbons (Fsp3) is 0.500. The third kappa shape index (κ3) is 3.82. The summed E-state index contributed by atoms with van der Waals surface area (Å²) in [6.45, 7) is 4.94. The Bertz CT molecular complexity index is 944. The first-order valence-corrected chi connectivity index (χ1v) is 14.1. The van der Waals surface area contributed by atoms with E-state index < -0.39 is 56.1 Å². The molecule has 7 nitrogen and oxygen atoms in total. The van der Waals surface area contributed by atoms with Gasteiger partial charge in [0.05, 0.1) is 6.61 Å². The number of aliphatic hydroxyl groups is 3. The Morgan fingerprint density at radius 1 is 1.00 bits per heavy atom. The van der Waals surface area contributed by atoms with E-state index in [9.17, 15) is 20.1 Å².